The number of benzene rings is 1. The molecule has 0 heterocycles. The number of hydrogen-bond acceptors (Lipinski definition) is 2. The van der Waals surface area contributed by atoms with Crippen molar-refractivity contribution in [3.8, 4) is 5.75 Å². The third-order valence-corrected chi connectivity index (χ3v) is 2.97. The van der Waals surface area contributed by atoms with E-state index >= 15 is 0 Å². The van der Waals surface area contributed by atoms with Gasteiger partial charge in [0.2, 0.25) is 0 Å². The molecule has 0 saturated carbocycles. The van der Waals surface area contributed by atoms with Crippen molar-refractivity contribution in [3.05, 3.63) is 28.2 Å². The van der Waals surface area contributed by atoms with Crippen molar-refractivity contribution >= 4 is 29.2 Å². The van der Waals surface area contributed by atoms with Crippen LogP contribution in [0.15, 0.2) is 18.2 Å². The molecule has 0 fully saturated rings. The zero-order valence-electron chi connectivity index (χ0n) is 9.30. The number of ether oxygens (including phenoxy) is 1. The topological polar surface area (TPSA) is 26.3 Å². The molecule has 0 amide bonds. The van der Waals surface area contributed by atoms with E-state index in [0.717, 1.165) is 12.8 Å². The molecule has 0 radical (unpaired) electrons. The van der Waals surface area contributed by atoms with Gasteiger partial charge in [-0.3, -0.25) is 4.79 Å². The predicted molar refractivity (Wildman–Crippen MR) is 66.2 cm³/mol. The van der Waals surface area contributed by atoms with Crippen molar-refractivity contribution in [3.63, 3.8) is 0 Å². The number of carbonyl (C=O) groups is 1. The average molecular weight is 261 g/mol. The smallest absolute Gasteiger partial charge is 0.314 e. The van der Waals surface area contributed by atoms with Crippen LogP contribution in [0.4, 0.5) is 0 Å². The van der Waals surface area contributed by atoms with Crippen LogP contribution in [-0.4, -0.2) is 5.97 Å². The van der Waals surface area contributed by atoms with Crippen LogP contribution in [0.5, 0.6) is 5.75 Å². The van der Waals surface area contributed by atoms with Crippen LogP contribution < -0.4 is 4.74 Å². The van der Waals surface area contributed by atoms with E-state index in [9.17, 15) is 4.79 Å². The van der Waals surface area contributed by atoms with E-state index in [2.05, 4.69) is 0 Å². The summed E-state index contributed by atoms with van der Waals surface area (Å²) < 4.78 is 5.18. The molecule has 16 heavy (non-hydrogen) atoms. The van der Waals surface area contributed by atoms with Gasteiger partial charge < -0.3 is 4.74 Å². The van der Waals surface area contributed by atoms with Gasteiger partial charge in [-0.1, -0.05) is 43.5 Å². The van der Waals surface area contributed by atoms with Crippen LogP contribution in [0.25, 0.3) is 0 Å². The highest BCUT2D eigenvalue weighted by atomic mass is 35.5. The van der Waals surface area contributed by atoms with Gasteiger partial charge in [0.15, 0.2) is 0 Å². The van der Waals surface area contributed by atoms with Crippen molar-refractivity contribution in [2.45, 2.75) is 26.7 Å². The van der Waals surface area contributed by atoms with Crippen LogP contribution in [0.1, 0.15) is 26.7 Å². The fourth-order valence-electron chi connectivity index (χ4n) is 1.31. The molecule has 0 N–H and O–H groups in total. The minimum atomic E-state index is -0.236. The fourth-order valence-corrected chi connectivity index (χ4v) is 1.60. The fraction of sp³-hybridized carbons (Fsp3) is 0.417. The van der Waals surface area contributed by atoms with Gasteiger partial charge in [-0.25, -0.2) is 0 Å². The number of carbonyl (C=O) groups excluding carboxylic acids is 1. The van der Waals surface area contributed by atoms with E-state index in [1.165, 1.54) is 0 Å². The molecular weight excluding hydrogens is 247 g/mol. The average Bonchev–Trinajstić information content (AvgIpc) is 2.24. The van der Waals surface area contributed by atoms with Gasteiger partial charge in [-0.2, -0.15) is 0 Å². The van der Waals surface area contributed by atoms with Gasteiger partial charge in [0, 0.05) is 6.07 Å². The second kappa shape index (κ2) is 6.12. The summed E-state index contributed by atoms with van der Waals surface area (Å²) in [6.07, 6.45) is 1.78. The van der Waals surface area contributed by atoms with Crippen LogP contribution in [0.2, 0.25) is 10.0 Å². The van der Waals surface area contributed by atoms with Gasteiger partial charge in [-0.05, 0) is 18.6 Å². The van der Waals surface area contributed by atoms with Crippen molar-refractivity contribution < 1.29 is 9.53 Å². The van der Waals surface area contributed by atoms with E-state index in [1.54, 1.807) is 18.2 Å². The summed E-state index contributed by atoms with van der Waals surface area (Å²) >= 11 is 11.6. The summed E-state index contributed by atoms with van der Waals surface area (Å²) in [6.45, 7) is 3.88. The summed E-state index contributed by atoms with van der Waals surface area (Å²) in [5.74, 6) is 0.0991. The molecule has 1 rings (SSSR count). The molecule has 0 spiro atoms. The minimum absolute atomic E-state index is 0.0977. The predicted octanol–water partition coefficient (Wildman–Crippen LogP) is 4.34. The van der Waals surface area contributed by atoms with Crippen molar-refractivity contribution in [1.29, 1.82) is 0 Å². The van der Waals surface area contributed by atoms with Crippen LogP contribution in [0, 0.1) is 5.92 Å². The number of halogens is 2. The maximum absolute atomic E-state index is 11.6. The first-order valence-electron chi connectivity index (χ1n) is 5.21. The Morgan fingerprint density at radius 2 is 2.06 bits per heavy atom. The third kappa shape index (κ3) is 3.69. The molecule has 2 nitrogen and oxygen atoms in total. The monoisotopic (exact) mass is 260 g/mol. The zero-order chi connectivity index (χ0) is 12.1. The lowest BCUT2D eigenvalue weighted by molar-refractivity contribution is -0.138. The van der Waals surface area contributed by atoms with Crippen molar-refractivity contribution in [2.75, 3.05) is 0 Å². The molecule has 1 unspecified atom stereocenters. The molecule has 0 aliphatic carbocycles. The molecule has 1 aromatic rings. The van der Waals surface area contributed by atoms with Crippen LogP contribution >= 0.6 is 23.2 Å². The Hall–Kier alpha value is -0.730. The first kappa shape index (κ1) is 13.3. The molecule has 88 valence electrons. The maximum atomic E-state index is 11.6. The number of hydrogen-bond donors (Lipinski definition) is 0. The SMILES string of the molecule is CCCC(C)C(=O)Oc1ccc(Cl)c(Cl)c1. The second-order valence-corrected chi connectivity index (χ2v) is 4.50. The highest BCUT2D eigenvalue weighted by Gasteiger charge is 2.14. The largest absolute Gasteiger partial charge is 0.426 e. The molecule has 0 saturated heterocycles. The van der Waals surface area contributed by atoms with Gasteiger partial charge in [0.1, 0.15) is 5.75 Å². The normalized spacial score (nSPS) is 12.2. The summed E-state index contributed by atoms with van der Waals surface area (Å²) in [5, 5.41) is 0.832. The Labute approximate surface area is 106 Å². The molecular formula is C12H14Cl2O2. The van der Waals surface area contributed by atoms with Gasteiger partial charge in [0.25, 0.3) is 0 Å². The summed E-state index contributed by atoms with van der Waals surface area (Å²) in [6, 6.07) is 4.78. The first-order chi connectivity index (χ1) is 7.54. The quantitative estimate of drug-likeness (QED) is 0.595. The number of esters is 1. The molecule has 1 aromatic carbocycles. The lowest BCUT2D eigenvalue weighted by Gasteiger charge is -2.10. The molecule has 1 atom stereocenters. The molecule has 0 bridgehead atoms. The standard InChI is InChI=1S/C12H14Cl2O2/c1-3-4-8(2)12(15)16-9-5-6-10(13)11(14)7-9/h5-8H,3-4H2,1-2H3. The van der Waals surface area contributed by atoms with E-state index < -0.39 is 0 Å². The Bertz CT molecular complexity index is 377. The van der Waals surface area contributed by atoms with Gasteiger partial charge in [-0.15, -0.1) is 0 Å². The Kier molecular flexibility index (Phi) is 5.10. The van der Waals surface area contributed by atoms with E-state index in [1.807, 2.05) is 13.8 Å². The van der Waals surface area contributed by atoms with Crippen molar-refractivity contribution in [1.82, 2.24) is 0 Å². The number of rotatable bonds is 4. The Morgan fingerprint density at radius 1 is 1.38 bits per heavy atom. The lowest BCUT2D eigenvalue weighted by atomic mass is 10.1. The molecule has 0 aromatic heterocycles. The van der Waals surface area contributed by atoms with E-state index in [4.69, 9.17) is 27.9 Å². The van der Waals surface area contributed by atoms with Gasteiger partial charge >= 0.3 is 5.97 Å². The van der Waals surface area contributed by atoms with Gasteiger partial charge in [0.05, 0.1) is 16.0 Å². The summed E-state index contributed by atoms with van der Waals surface area (Å²) in [5.41, 5.74) is 0. The summed E-state index contributed by atoms with van der Waals surface area (Å²) in [7, 11) is 0. The molecule has 0 aliphatic rings. The minimum Gasteiger partial charge on any atom is -0.426 e. The summed E-state index contributed by atoms with van der Waals surface area (Å²) in [4.78, 5) is 11.6. The molecule has 0 aliphatic heterocycles. The van der Waals surface area contributed by atoms with Crippen molar-refractivity contribution in [2.24, 2.45) is 5.92 Å². The zero-order valence-corrected chi connectivity index (χ0v) is 10.8. The highest BCUT2D eigenvalue weighted by molar-refractivity contribution is 6.42. The molecule has 4 heteroatoms. The Morgan fingerprint density at radius 3 is 2.62 bits per heavy atom. The highest BCUT2D eigenvalue weighted by Crippen LogP contribution is 2.26. The van der Waals surface area contributed by atoms with E-state index in [0.29, 0.717) is 15.8 Å². The lowest BCUT2D eigenvalue weighted by Crippen LogP contribution is -2.17. The Balaban J connectivity index is 2.66. The second-order valence-electron chi connectivity index (χ2n) is 3.69. The van der Waals surface area contributed by atoms with Crippen LogP contribution in [0.3, 0.4) is 0 Å². The maximum Gasteiger partial charge on any atom is 0.314 e. The first-order valence-corrected chi connectivity index (χ1v) is 5.97. The van der Waals surface area contributed by atoms with E-state index in [-0.39, 0.29) is 11.9 Å². The third-order valence-electron chi connectivity index (χ3n) is 2.23. The van der Waals surface area contributed by atoms with Crippen LogP contribution in [-0.2, 0) is 4.79 Å².